The van der Waals surface area contributed by atoms with Crippen molar-refractivity contribution >= 4 is 29.4 Å². The molecule has 1 heterocycles. The number of nitrogens with zero attached hydrogens (tertiary/aromatic N) is 4. The molecule has 0 bridgehead atoms. The van der Waals surface area contributed by atoms with Gasteiger partial charge in [-0.25, -0.2) is 9.07 Å². The van der Waals surface area contributed by atoms with Gasteiger partial charge in [-0.1, -0.05) is 60.7 Å². The maximum absolute atomic E-state index is 13.6. The lowest BCUT2D eigenvalue weighted by molar-refractivity contribution is -0.384. The highest BCUT2D eigenvalue weighted by Crippen LogP contribution is 2.25. The zero-order valence-corrected chi connectivity index (χ0v) is 22.8. The van der Waals surface area contributed by atoms with Crippen molar-refractivity contribution in [3.63, 3.8) is 0 Å². The van der Waals surface area contributed by atoms with E-state index in [9.17, 15) is 24.1 Å². The van der Waals surface area contributed by atoms with Gasteiger partial charge in [0.15, 0.2) is 0 Å². The summed E-state index contributed by atoms with van der Waals surface area (Å²) in [5.41, 5.74) is 3.35. The Bertz CT molecular complexity index is 1750. The molecule has 0 spiro atoms. The summed E-state index contributed by atoms with van der Waals surface area (Å²) in [7, 11) is 0. The molecule has 0 radical (unpaired) electrons. The van der Waals surface area contributed by atoms with Gasteiger partial charge in [0.2, 0.25) is 11.8 Å². The zero-order chi connectivity index (χ0) is 30.2. The molecule has 9 nitrogen and oxygen atoms in total. The molecule has 0 unspecified atom stereocenters. The summed E-state index contributed by atoms with van der Waals surface area (Å²) < 4.78 is 15.1. The van der Waals surface area contributed by atoms with Crippen molar-refractivity contribution in [3.05, 3.63) is 148 Å². The van der Waals surface area contributed by atoms with Crippen molar-refractivity contribution in [2.24, 2.45) is 0 Å². The predicted octanol–water partition coefficient (Wildman–Crippen LogP) is 6.27. The summed E-state index contributed by atoms with van der Waals surface area (Å²) in [6.45, 7) is -0.0994. The number of non-ortho nitro benzene ring substituents is 1. The van der Waals surface area contributed by atoms with Crippen molar-refractivity contribution in [2.75, 3.05) is 11.9 Å². The van der Waals surface area contributed by atoms with Crippen LogP contribution in [0.2, 0.25) is 0 Å². The van der Waals surface area contributed by atoms with Gasteiger partial charge in [0.25, 0.3) is 5.69 Å². The van der Waals surface area contributed by atoms with E-state index in [-0.39, 0.29) is 18.8 Å². The number of anilines is 1. The number of aromatic nitrogens is 2. The lowest BCUT2D eigenvalue weighted by Crippen LogP contribution is -2.37. The number of carbonyl (C=O) groups is 2. The summed E-state index contributed by atoms with van der Waals surface area (Å²) in [5, 5.41) is 18.4. The van der Waals surface area contributed by atoms with Gasteiger partial charge in [0.1, 0.15) is 18.2 Å². The second-order valence-electron chi connectivity index (χ2n) is 9.58. The Kier molecular flexibility index (Phi) is 8.77. The summed E-state index contributed by atoms with van der Waals surface area (Å²) in [6.07, 6.45) is 2.87. The first-order valence-corrected chi connectivity index (χ1v) is 13.3. The highest BCUT2D eigenvalue weighted by atomic mass is 19.1. The molecule has 0 aliphatic rings. The maximum Gasteiger partial charge on any atom is 0.269 e. The number of rotatable bonds is 10. The molecule has 5 rings (SSSR count). The normalized spacial score (nSPS) is 10.9. The van der Waals surface area contributed by atoms with E-state index in [1.54, 1.807) is 18.2 Å². The third-order valence-electron chi connectivity index (χ3n) is 6.50. The third kappa shape index (κ3) is 7.44. The van der Waals surface area contributed by atoms with Gasteiger partial charge in [-0.3, -0.25) is 19.7 Å². The third-order valence-corrected chi connectivity index (χ3v) is 6.50. The Morgan fingerprint density at radius 3 is 2.21 bits per heavy atom. The summed E-state index contributed by atoms with van der Waals surface area (Å²) >= 11 is 0. The predicted molar refractivity (Wildman–Crippen MR) is 162 cm³/mol. The Labute approximate surface area is 246 Å². The van der Waals surface area contributed by atoms with Crippen LogP contribution in [-0.4, -0.2) is 38.0 Å². The molecule has 5 aromatic rings. The van der Waals surface area contributed by atoms with Crippen molar-refractivity contribution in [1.82, 2.24) is 14.7 Å². The molecule has 10 heteroatoms. The van der Waals surface area contributed by atoms with Crippen LogP contribution in [0.5, 0.6) is 0 Å². The van der Waals surface area contributed by atoms with Gasteiger partial charge in [0, 0.05) is 36.4 Å². The molecule has 214 valence electrons. The Morgan fingerprint density at radius 2 is 1.56 bits per heavy atom. The minimum atomic E-state index is -0.496. The first-order chi connectivity index (χ1) is 20.9. The second kappa shape index (κ2) is 13.2. The molecule has 0 saturated carbocycles. The van der Waals surface area contributed by atoms with Gasteiger partial charge >= 0.3 is 0 Å². The number of hydrogen-bond donors (Lipinski definition) is 1. The molecule has 43 heavy (non-hydrogen) atoms. The lowest BCUT2D eigenvalue weighted by atomic mass is 10.1. The topological polar surface area (TPSA) is 110 Å². The van der Waals surface area contributed by atoms with E-state index in [4.69, 9.17) is 0 Å². The summed E-state index contributed by atoms with van der Waals surface area (Å²) in [4.78, 5) is 38.5. The SMILES string of the molecule is O=C(CN(Cc1ccccc1)C(=O)/C=C/c1ccc([N+](=O)[O-])cc1)Nc1cc(-c2ccccc2)nn1-c1ccc(F)cc1. The second-order valence-corrected chi connectivity index (χ2v) is 9.58. The summed E-state index contributed by atoms with van der Waals surface area (Å²) in [6, 6.07) is 31.9. The fourth-order valence-electron chi connectivity index (χ4n) is 4.35. The number of nitro groups is 1. The highest BCUT2D eigenvalue weighted by molar-refractivity contribution is 5.98. The largest absolute Gasteiger partial charge is 0.326 e. The molecule has 4 aromatic carbocycles. The van der Waals surface area contributed by atoms with E-state index >= 15 is 0 Å². The number of nitro benzene ring substituents is 1. The fourth-order valence-corrected chi connectivity index (χ4v) is 4.35. The van der Waals surface area contributed by atoms with Crippen LogP contribution >= 0.6 is 0 Å². The number of nitrogens with one attached hydrogen (secondary N) is 1. The van der Waals surface area contributed by atoms with Gasteiger partial charge in [-0.2, -0.15) is 5.10 Å². The molecule has 0 atom stereocenters. The van der Waals surface area contributed by atoms with Crippen LogP contribution in [0.15, 0.2) is 121 Å². The van der Waals surface area contributed by atoms with Crippen LogP contribution in [0.4, 0.5) is 15.9 Å². The van der Waals surface area contributed by atoms with E-state index in [0.29, 0.717) is 22.8 Å². The minimum absolute atomic E-state index is 0.0545. The van der Waals surface area contributed by atoms with E-state index in [0.717, 1.165) is 11.1 Å². The molecule has 0 fully saturated rings. The van der Waals surface area contributed by atoms with Crippen LogP contribution in [0.3, 0.4) is 0 Å². The Balaban J connectivity index is 1.38. The monoisotopic (exact) mass is 575 g/mol. The van der Waals surface area contributed by atoms with Crippen molar-refractivity contribution in [1.29, 1.82) is 0 Å². The molecular weight excluding hydrogens is 549 g/mol. The number of amides is 2. The highest BCUT2D eigenvalue weighted by Gasteiger charge is 2.19. The molecule has 2 amide bonds. The van der Waals surface area contributed by atoms with Gasteiger partial charge in [0.05, 0.1) is 16.3 Å². The average Bonchev–Trinajstić information content (AvgIpc) is 3.44. The number of hydrogen-bond acceptors (Lipinski definition) is 5. The van der Waals surface area contributed by atoms with Gasteiger partial charge in [-0.15, -0.1) is 0 Å². The number of halogens is 1. The van der Waals surface area contributed by atoms with Gasteiger partial charge in [-0.05, 0) is 53.6 Å². The Morgan fingerprint density at radius 1 is 0.907 bits per heavy atom. The zero-order valence-electron chi connectivity index (χ0n) is 22.8. The first-order valence-electron chi connectivity index (χ1n) is 13.3. The molecule has 1 N–H and O–H groups in total. The van der Waals surface area contributed by atoms with Crippen LogP contribution in [0.25, 0.3) is 23.0 Å². The van der Waals surface area contributed by atoms with E-state index in [1.165, 1.54) is 58.1 Å². The van der Waals surface area contributed by atoms with E-state index < -0.39 is 22.6 Å². The van der Waals surface area contributed by atoms with Crippen LogP contribution in [0.1, 0.15) is 11.1 Å². The molecule has 0 aliphatic heterocycles. The number of carbonyl (C=O) groups excluding carboxylic acids is 2. The lowest BCUT2D eigenvalue weighted by Gasteiger charge is -2.21. The molecule has 0 aliphatic carbocycles. The smallest absolute Gasteiger partial charge is 0.269 e. The first kappa shape index (κ1) is 28.6. The molecule has 1 aromatic heterocycles. The van der Waals surface area contributed by atoms with Crippen molar-refractivity contribution in [2.45, 2.75) is 6.54 Å². The quantitative estimate of drug-likeness (QED) is 0.120. The molecule has 0 saturated heterocycles. The van der Waals surface area contributed by atoms with Gasteiger partial charge < -0.3 is 10.2 Å². The average molecular weight is 576 g/mol. The maximum atomic E-state index is 13.6. The number of benzene rings is 4. The van der Waals surface area contributed by atoms with Crippen molar-refractivity contribution in [3.8, 4) is 16.9 Å². The van der Waals surface area contributed by atoms with Crippen molar-refractivity contribution < 1.29 is 18.9 Å². The van der Waals surface area contributed by atoms with E-state index in [2.05, 4.69) is 10.4 Å². The van der Waals surface area contributed by atoms with Crippen LogP contribution < -0.4 is 5.32 Å². The fraction of sp³-hybridized carbons (Fsp3) is 0.0606. The van der Waals surface area contributed by atoms with Crippen LogP contribution in [0, 0.1) is 15.9 Å². The van der Waals surface area contributed by atoms with E-state index in [1.807, 2.05) is 60.7 Å². The Hall–Kier alpha value is -5.90. The standard InChI is InChI=1S/C33H26FN5O4/c34-27-14-18-28(19-15-27)38-31(21-30(36-38)26-9-5-2-6-10-26)35-32(40)23-37(22-25-7-3-1-4-8-25)33(41)20-13-24-11-16-29(17-12-24)39(42)43/h1-21H,22-23H2,(H,35,40)/b20-13+. The van der Waals surface area contributed by atoms with Crippen LogP contribution in [-0.2, 0) is 16.1 Å². The molecular formula is C33H26FN5O4. The summed E-state index contributed by atoms with van der Waals surface area (Å²) in [5.74, 6) is -0.934. The minimum Gasteiger partial charge on any atom is -0.326 e.